The molecule has 0 aliphatic carbocycles. The summed E-state index contributed by atoms with van der Waals surface area (Å²) in [5, 5.41) is 12.3. The van der Waals surface area contributed by atoms with Crippen LogP contribution in [0.15, 0.2) is 53.5 Å². The van der Waals surface area contributed by atoms with Crippen LogP contribution in [0.4, 0.5) is 5.69 Å². The van der Waals surface area contributed by atoms with Crippen LogP contribution in [-0.2, 0) is 32.0 Å². The number of benzodiazepines with no additional fused rings is 1. The maximum absolute atomic E-state index is 12.0. The third-order valence-corrected chi connectivity index (χ3v) is 3.52. The molecular formula is C16H13AgClK2N2O4. The summed E-state index contributed by atoms with van der Waals surface area (Å²) in [5.41, 5.74) is 2.22. The zero-order valence-corrected chi connectivity index (χ0v) is 18.4. The molecule has 1 unspecified atom stereocenters. The molecule has 1 aliphatic rings. The van der Waals surface area contributed by atoms with E-state index in [1.165, 1.54) is 0 Å². The number of nitrogens with one attached hydrogen (secondary N) is 1. The summed E-state index contributed by atoms with van der Waals surface area (Å²) in [6, 6.07) is 12.5. The maximum Gasteiger partial charge on any atom is -0.870 e. The number of aliphatic carboxylic acids is 1. The van der Waals surface area contributed by atoms with Crippen LogP contribution in [-0.4, -0.2) is 85.6 Å². The minimum Gasteiger partial charge on any atom is -0.870 e. The van der Waals surface area contributed by atoms with Crippen LogP contribution in [0, 0.1) is 0 Å². The van der Waals surface area contributed by atoms with E-state index in [4.69, 9.17) is 11.6 Å². The largest absolute Gasteiger partial charge is 0.870 e. The molecule has 0 aromatic heterocycles. The number of carbonyl (C=O) groups excluding carboxylic acids is 1. The van der Waals surface area contributed by atoms with Crippen LogP contribution < -0.4 is 56.7 Å². The van der Waals surface area contributed by atoms with Gasteiger partial charge in [0.05, 0.1) is 11.4 Å². The van der Waals surface area contributed by atoms with Gasteiger partial charge in [-0.2, -0.15) is 0 Å². The van der Waals surface area contributed by atoms with Gasteiger partial charge in [-0.1, -0.05) is 41.9 Å². The van der Waals surface area contributed by atoms with Gasteiger partial charge in [0.1, 0.15) is 0 Å². The summed E-state index contributed by atoms with van der Waals surface area (Å²) in [5.74, 6) is -1.98. The molecule has 0 fully saturated rings. The third-order valence-electron chi connectivity index (χ3n) is 3.28. The number of benzene rings is 2. The van der Waals surface area contributed by atoms with E-state index in [0.717, 1.165) is 0 Å². The molecule has 0 spiro atoms. The number of halogens is 1. The van der Waals surface area contributed by atoms with Crippen molar-refractivity contribution < 1.29 is 93.9 Å². The Balaban J connectivity index is 0. The van der Waals surface area contributed by atoms with Crippen molar-refractivity contribution in [3.63, 3.8) is 0 Å². The Bertz CT molecular complexity index is 806. The Kier molecular flexibility index (Phi) is 15.3. The van der Waals surface area contributed by atoms with Crippen LogP contribution in [0.2, 0.25) is 5.02 Å². The molecule has 10 heteroatoms. The number of aliphatic imine (C=N–C) groups is 1. The van der Waals surface area contributed by atoms with Crippen molar-refractivity contribution >= 4 is 86.3 Å². The molecule has 1 heterocycles. The molecule has 3 rings (SSSR count). The van der Waals surface area contributed by atoms with E-state index in [0.29, 0.717) is 27.5 Å². The Labute approximate surface area is 256 Å². The van der Waals surface area contributed by atoms with Crippen molar-refractivity contribution in [1.82, 2.24) is 0 Å². The van der Waals surface area contributed by atoms with Gasteiger partial charge in [0.25, 0.3) is 5.91 Å². The first-order valence-electron chi connectivity index (χ1n) is 6.53. The fourth-order valence-corrected chi connectivity index (χ4v) is 2.45. The molecule has 0 bridgehead atoms. The SMILES string of the molecule is O=C(O)C1N=C(c2ccccc2)c2cc(Cl)ccc2NC1=O.[Ag].[K+].[KH].[OH-]. The van der Waals surface area contributed by atoms with E-state index in [1.54, 1.807) is 30.3 Å². The van der Waals surface area contributed by atoms with Gasteiger partial charge < -0.3 is 15.9 Å². The average Bonchev–Trinajstić information content (AvgIpc) is 2.64. The van der Waals surface area contributed by atoms with Crippen molar-refractivity contribution in [3.05, 3.63) is 64.7 Å². The second kappa shape index (κ2) is 13.5. The van der Waals surface area contributed by atoms with E-state index in [-0.39, 0.29) is 131 Å². The monoisotopic (exact) mass is 517 g/mol. The molecule has 26 heavy (non-hydrogen) atoms. The number of anilines is 1. The first kappa shape index (κ1) is 29.5. The fourth-order valence-electron chi connectivity index (χ4n) is 2.27. The molecule has 3 N–H and O–H groups in total. The van der Waals surface area contributed by atoms with Gasteiger partial charge in [0, 0.05) is 38.5 Å². The number of carboxylic acids is 1. The minimum absolute atomic E-state index is 0. The van der Waals surface area contributed by atoms with Crippen LogP contribution in [0.5, 0.6) is 0 Å². The smallest absolute Gasteiger partial charge is 0.870 e. The molecule has 0 saturated carbocycles. The number of carbonyl (C=O) groups is 2. The van der Waals surface area contributed by atoms with E-state index in [1.807, 2.05) is 18.2 Å². The van der Waals surface area contributed by atoms with Gasteiger partial charge in [-0.05, 0) is 18.2 Å². The number of hydrogen-bond acceptors (Lipinski definition) is 4. The van der Waals surface area contributed by atoms with E-state index in [9.17, 15) is 14.7 Å². The molecule has 1 amide bonds. The van der Waals surface area contributed by atoms with Gasteiger partial charge in [-0.3, -0.25) is 9.79 Å². The first-order chi connectivity index (χ1) is 10.6. The van der Waals surface area contributed by atoms with Gasteiger partial charge in [0.2, 0.25) is 6.04 Å². The molecule has 6 nitrogen and oxygen atoms in total. The second-order valence-electron chi connectivity index (χ2n) is 4.76. The fraction of sp³-hybridized carbons (Fsp3) is 0.0625. The number of amides is 1. The molecule has 0 saturated heterocycles. The normalized spacial score (nSPS) is 14.4. The van der Waals surface area contributed by atoms with Crippen molar-refractivity contribution in [2.45, 2.75) is 6.04 Å². The number of carboxylic acid groups (broad SMARTS) is 1. The number of nitrogens with zero attached hydrogens (tertiary/aromatic N) is 1. The predicted octanol–water partition coefficient (Wildman–Crippen LogP) is -1.24. The summed E-state index contributed by atoms with van der Waals surface area (Å²) < 4.78 is 0. The summed E-state index contributed by atoms with van der Waals surface area (Å²) >= 11 is 6.03. The summed E-state index contributed by atoms with van der Waals surface area (Å²) in [4.78, 5) is 27.5. The molecule has 131 valence electrons. The third kappa shape index (κ3) is 6.98. The van der Waals surface area contributed by atoms with Gasteiger partial charge in [-0.15, -0.1) is 0 Å². The summed E-state index contributed by atoms with van der Waals surface area (Å²) in [7, 11) is 0. The van der Waals surface area contributed by atoms with E-state index in [2.05, 4.69) is 10.3 Å². The predicted molar refractivity (Wildman–Crippen MR) is 92.7 cm³/mol. The van der Waals surface area contributed by atoms with Gasteiger partial charge in [0.15, 0.2) is 0 Å². The van der Waals surface area contributed by atoms with E-state index < -0.39 is 17.9 Å². The molecule has 2 aromatic rings. The van der Waals surface area contributed by atoms with Gasteiger partial charge in [-0.25, -0.2) is 4.79 Å². The number of rotatable bonds is 2. The zero-order chi connectivity index (χ0) is 15.7. The standard InChI is InChI=1S/C16H11ClN2O3.Ag.2K.H2O.H/c17-10-6-7-12-11(8-10)13(9-4-2-1-3-5-9)19-14(16(21)22)15(20)18-12;;;;;/h1-8,14H,(H,18,20)(H,21,22);;;;1H2;/q;;;+1;;/p-1. The Morgan fingerprint density at radius 1 is 1.15 bits per heavy atom. The zero-order valence-electron chi connectivity index (χ0n) is 13.0. The molecule has 1 radical (unpaired) electrons. The Morgan fingerprint density at radius 2 is 1.77 bits per heavy atom. The van der Waals surface area contributed by atoms with Crippen molar-refractivity contribution in [2.24, 2.45) is 4.99 Å². The van der Waals surface area contributed by atoms with Crippen molar-refractivity contribution in [3.8, 4) is 0 Å². The van der Waals surface area contributed by atoms with E-state index >= 15 is 0 Å². The molecule has 2 aromatic carbocycles. The number of hydrogen-bond donors (Lipinski definition) is 2. The first-order valence-corrected chi connectivity index (χ1v) is 6.91. The van der Waals surface area contributed by atoms with Crippen molar-refractivity contribution in [1.29, 1.82) is 0 Å². The topological polar surface area (TPSA) is 109 Å². The van der Waals surface area contributed by atoms with Crippen LogP contribution in [0.25, 0.3) is 0 Å². The average molecular weight is 519 g/mol. The maximum atomic E-state index is 12.0. The molecular weight excluding hydrogens is 506 g/mol. The van der Waals surface area contributed by atoms with Gasteiger partial charge >= 0.3 is 109 Å². The Morgan fingerprint density at radius 3 is 2.35 bits per heavy atom. The second-order valence-corrected chi connectivity index (χ2v) is 5.20. The van der Waals surface area contributed by atoms with Crippen LogP contribution in [0.3, 0.4) is 0 Å². The van der Waals surface area contributed by atoms with Crippen LogP contribution >= 0.6 is 11.6 Å². The van der Waals surface area contributed by atoms with Crippen molar-refractivity contribution in [2.75, 3.05) is 5.32 Å². The number of fused-ring (bicyclic) bond motifs is 1. The minimum atomic E-state index is -1.50. The Hall–Kier alpha value is 1.31. The summed E-state index contributed by atoms with van der Waals surface area (Å²) in [6.07, 6.45) is 0. The van der Waals surface area contributed by atoms with Crippen LogP contribution in [0.1, 0.15) is 11.1 Å². The quantitative estimate of drug-likeness (QED) is 0.383. The molecule has 1 aliphatic heterocycles. The molecule has 1 atom stereocenters. The summed E-state index contributed by atoms with van der Waals surface area (Å²) in [6.45, 7) is 0.